The standard InChI is InChI=1S/C23H17FN6O2/c1-13-6-14(12-31)26-8-17(13)19-10-28-23(30-11-15(7-25)29-22(19)30)27-9-18-16-4-5-32-21(16)3-2-20(18)24/h2-3,6,8,10-12H,4-5,9H2,1H3,(H,27,28). The van der Waals surface area contributed by atoms with Gasteiger partial charge in [0.25, 0.3) is 0 Å². The Morgan fingerprint density at radius 2 is 2.16 bits per heavy atom. The first-order valence-corrected chi connectivity index (χ1v) is 9.96. The molecule has 0 aliphatic carbocycles. The molecule has 5 rings (SSSR count). The van der Waals surface area contributed by atoms with E-state index in [1.807, 2.05) is 13.0 Å². The number of carbonyl (C=O) groups is 1. The zero-order chi connectivity index (χ0) is 22.2. The van der Waals surface area contributed by atoms with Gasteiger partial charge in [0.1, 0.15) is 23.3 Å². The lowest BCUT2D eigenvalue weighted by atomic mass is 10.0. The van der Waals surface area contributed by atoms with Crippen LogP contribution in [0.25, 0.3) is 16.8 Å². The van der Waals surface area contributed by atoms with Gasteiger partial charge in [-0.1, -0.05) is 0 Å². The second-order valence-electron chi connectivity index (χ2n) is 7.42. The Hall–Kier alpha value is -4.32. The van der Waals surface area contributed by atoms with Gasteiger partial charge in [-0.2, -0.15) is 5.26 Å². The van der Waals surface area contributed by atoms with Crippen LogP contribution in [0.2, 0.25) is 0 Å². The number of nitrogens with one attached hydrogen (secondary N) is 1. The van der Waals surface area contributed by atoms with Crippen LogP contribution in [-0.2, 0) is 13.0 Å². The summed E-state index contributed by atoms with van der Waals surface area (Å²) in [5, 5.41) is 12.6. The van der Waals surface area contributed by atoms with Crippen molar-refractivity contribution in [3.8, 4) is 22.9 Å². The fourth-order valence-electron chi connectivity index (χ4n) is 3.95. The number of nitrogens with zero attached hydrogens (tertiary/aromatic N) is 5. The van der Waals surface area contributed by atoms with Crippen molar-refractivity contribution in [3.05, 3.63) is 70.7 Å². The number of anilines is 1. The third-order valence-corrected chi connectivity index (χ3v) is 5.51. The minimum Gasteiger partial charge on any atom is -0.493 e. The van der Waals surface area contributed by atoms with Gasteiger partial charge in [-0.25, -0.2) is 14.4 Å². The first kappa shape index (κ1) is 19.6. The number of carbonyl (C=O) groups excluding carboxylic acids is 1. The van der Waals surface area contributed by atoms with Crippen molar-refractivity contribution in [1.82, 2.24) is 19.4 Å². The Bertz CT molecular complexity index is 1420. The van der Waals surface area contributed by atoms with E-state index in [4.69, 9.17) is 4.74 Å². The highest BCUT2D eigenvalue weighted by molar-refractivity contribution is 5.82. The number of halogens is 1. The molecule has 32 heavy (non-hydrogen) atoms. The summed E-state index contributed by atoms with van der Waals surface area (Å²) in [4.78, 5) is 24.1. The van der Waals surface area contributed by atoms with Crippen molar-refractivity contribution in [3.63, 3.8) is 0 Å². The summed E-state index contributed by atoms with van der Waals surface area (Å²) in [6, 6.07) is 6.77. The third kappa shape index (κ3) is 3.22. The number of pyridine rings is 1. The summed E-state index contributed by atoms with van der Waals surface area (Å²) in [6.07, 6.45) is 6.13. The van der Waals surface area contributed by atoms with Gasteiger partial charge in [0.05, 0.1) is 12.8 Å². The molecule has 0 spiro atoms. The minimum atomic E-state index is -0.310. The van der Waals surface area contributed by atoms with Crippen molar-refractivity contribution >= 4 is 17.9 Å². The van der Waals surface area contributed by atoms with Crippen molar-refractivity contribution in [2.45, 2.75) is 19.9 Å². The second kappa shape index (κ2) is 7.74. The fraction of sp³-hybridized carbons (Fsp3) is 0.174. The number of hydrogen-bond acceptors (Lipinski definition) is 7. The summed E-state index contributed by atoms with van der Waals surface area (Å²) in [6.45, 7) is 2.60. The maximum absolute atomic E-state index is 14.5. The van der Waals surface area contributed by atoms with Crippen molar-refractivity contribution in [1.29, 1.82) is 5.26 Å². The van der Waals surface area contributed by atoms with Crippen LogP contribution >= 0.6 is 0 Å². The SMILES string of the molecule is Cc1cc(C=O)ncc1-c1cnc(NCc2c(F)ccc3c2CCO3)n2cc(C#N)nc12. The molecular formula is C23H17FN6O2. The van der Waals surface area contributed by atoms with E-state index in [1.54, 1.807) is 35.1 Å². The molecule has 4 aromatic rings. The van der Waals surface area contributed by atoms with E-state index in [9.17, 15) is 14.4 Å². The van der Waals surface area contributed by atoms with Crippen molar-refractivity contribution in [2.24, 2.45) is 0 Å². The molecule has 8 nitrogen and oxygen atoms in total. The molecule has 0 atom stereocenters. The lowest BCUT2D eigenvalue weighted by Gasteiger charge is -2.13. The zero-order valence-corrected chi connectivity index (χ0v) is 17.1. The van der Waals surface area contributed by atoms with Gasteiger partial charge in [-0.05, 0) is 30.7 Å². The number of benzene rings is 1. The van der Waals surface area contributed by atoms with Crippen LogP contribution < -0.4 is 10.1 Å². The van der Waals surface area contributed by atoms with E-state index in [-0.39, 0.29) is 18.1 Å². The van der Waals surface area contributed by atoms with Crippen LogP contribution in [0, 0.1) is 24.1 Å². The zero-order valence-electron chi connectivity index (χ0n) is 17.1. The summed E-state index contributed by atoms with van der Waals surface area (Å²) in [7, 11) is 0. The molecule has 1 aromatic carbocycles. The number of ether oxygens (including phenoxy) is 1. The van der Waals surface area contributed by atoms with Crippen LogP contribution in [0.4, 0.5) is 10.3 Å². The quantitative estimate of drug-likeness (QED) is 0.485. The molecule has 0 unspecified atom stereocenters. The van der Waals surface area contributed by atoms with Gasteiger partial charge >= 0.3 is 0 Å². The van der Waals surface area contributed by atoms with E-state index >= 15 is 0 Å². The molecule has 0 amide bonds. The monoisotopic (exact) mass is 428 g/mol. The average Bonchev–Trinajstić information content (AvgIpc) is 3.46. The maximum atomic E-state index is 14.5. The number of aromatic nitrogens is 4. The Labute approximate surface area is 182 Å². The van der Waals surface area contributed by atoms with E-state index in [0.717, 1.165) is 16.7 Å². The highest BCUT2D eigenvalue weighted by Crippen LogP contribution is 2.31. The summed E-state index contributed by atoms with van der Waals surface area (Å²) < 4.78 is 21.7. The average molecular weight is 428 g/mol. The van der Waals surface area contributed by atoms with Crippen molar-refractivity contribution < 1.29 is 13.9 Å². The van der Waals surface area contributed by atoms with Gasteiger partial charge in [-0.3, -0.25) is 14.2 Å². The van der Waals surface area contributed by atoms with Crippen LogP contribution in [0.5, 0.6) is 5.75 Å². The lowest BCUT2D eigenvalue weighted by Crippen LogP contribution is -2.10. The highest BCUT2D eigenvalue weighted by Gasteiger charge is 2.20. The number of aldehydes is 1. The van der Waals surface area contributed by atoms with Gasteiger partial charge in [-0.15, -0.1) is 0 Å². The first-order chi connectivity index (χ1) is 15.6. The fourth-order valence-corrected chi connectivity index (χ4v) is 3.95. The van der Waals surface area contributed by atoms with Gasteiger partial charge < -0.3 is 10.1 Å². The Kier molecular flexibility index (Phi) is 4.75. The molecule has 158 valence electrons. The molecular weight excluding hydrogens is 411 g/mol. The van der Waals surface area contributed by atoms with Crippen molar-refractivity contribution in [2.75, 3.05) is 11.9 Å². The molecule has 1 aliphatic rings. The molecule has 0 saturated heterocycles. The largest absolute Gasteiger partial charge is 0.493 e. The van der Waals surface area contributed by atoms with Gasteiger partial charge in [0.2, 0.25) is 5.95 Å². The van der Waals surface area contributed by atoms with Gasteiger partial charge in [0, 0.05) is 47.6 Å². The molecule has 0 fully saturated rings. The Morgan fingerprint density at radius 3 is 2.94 bits per heavy atom. The van der Waals surface area contributed by atoms with Crippen LogP contribution in [0.15, 0.2) is 36.8 Å². The second-order valence-corrected chi connectivity index (χ2v) is 7.42. The van der Waals surface area contributed by atoms with Crippen LogP contribution in [0.3, 0.4) is 0 Å². The normalized spacial score (nSPS) is 12.3. The Morgan fingerprint density at radius 1 is 1.31 bits per heavy atom. The number of aryl methyl sites for hydroxylation is 1. The summed E-state index contributed by atoms with van der Waals surface area (Å²) in [5.74, 6) is 0.812. The first-order valence-electron chi connectivity index (χ1n) is 9.96. The molecule has 1 N–H and O–H groups in total. The smallest absolute Gasteiger partial charge is 0.208 e. The van der Waals surface area contributed by atoms with E-state index < -0.39 is 0 Å². The number of nitriles is 1. The predicted molar refractivity (Wildman–Crippen MR) is 114 cm³/mol. The Balaban J connectivity index is 1.56. The number of rotatable bonds is 5. The topological polar surface area (TPSA) is 105 Å². The molecule has 9 heteroatoms. The van der Waals surface area contributed by atoms with E-state index in [0.29, 0.717) is 53.5 Å². The molecule has 0 radical (unpaired) electrons. The summed E-state index contributed by atoms with van der Waals surface area (Å²) >= 11 is 0. The molecule has 3 aromatic heterocycles. The molecule has 0 saturated carbocycles. The lowest BCUT2D eigenvalue weighted by molar-refractivity contribution is 0.111. The van der Waals surface area contributed by atoms with Crippen LogP contribution in [-0.4, -0.2) is 32.2 Å². The molecule has 1 aliphatic heterocycles. The van der Waals surface area contributed by atoms with Gasteiger partial charge in [0.15, 0.2) is 17.6 Å². The third-order valence-electron chi connectivity index (χ3n) is 5.51. The maximum Gasteiger partial charge on any atom is 0.208 e. The number of imidazole rings is 1. The summed E-state index contributed by atoms with van der Waals surface area (Å²) in [5.41, 5.74) is 4.68. The minimum absolute atomic E-state index is 0.203. The van der Waals surface area contributed by atoms with Crippen LogP contribution in [0.1, 0.15) is 32.9 Å². The number of hydrogen-bond donors (Lipinski definition) is 1. The highest BCUT2D eigenvalue weighted by atomic mass is 19.1. The van der Waals surface area contributed by atoms with E-state index in [2.05, 4.69) is 20.3 Å². The molecule has 0 bridgehead atoms. The number of fused-ring (bicyclic) bond motifs is 2. The predicted octanol–water partition coefficient (Wildman–Crippen LogP) is 3.47. The molecule has 4 heterocycles. The van der Waals surface area contributed by atoms with E-state index in [1.165, 1.54) is 6.07 Å².